The molecule has 9 heteroatoms. The molecule has 3 rings (SSSR count). The SMILES string of the molecule is CCN(CC)S(=O)(=O)c1ccc(N2CCCC2)c(C(=O)NC(C)c2ccc(Cl)s2)c1. The molecule has 0 bridgehead atoms. The Hall–Kier alpha value is -1.61. The van der Waals surface area contributed by atoms with Crippen LogP contribution in [0.4, 0.5) is 5.69 Å². The largest absolute Gasteiger partial charge is 0.371 e. The molecule has 1 N–H and O–H groups in total. The molecule has 1 aliphatic rings. The molecule has 0 saturated carbocycles. The number of hydrogen-bond acceptors (Lipinski definition) is 5. The molecule has 0 aliphatic carbocycles. The first kappa shape index (κ1) is 23.1. The van der Waals surface area contributed by atoms with Gasteiger partial charge in [-0.25, -0.2) is 8.42 Å². The number of sulfonamides is 1. The number of nitrogens with zero attached hydrogens (tertiary/aromatic N) is 2. The van der Waals surface area contributed by atoms with Gasteiger partial charge < -0.3 is 10.2 Å². The van der Waals surface area contributed by atoms with Crippen molar-refractivity contribution in [2.75, 3.05) is 31.1 Å². The predicted molar refractivity (Wildman–Crippen MR) is 123 cm³/mol. The number of anilines is 1. The zero-order valence-corrected chi connectivity index (χ0v) is 19.9. The maximum atomic E-state index is 13.2. The molecule has 1 fully saturated rings. The Balaban J connectivity index is 1.97. The van der Waals surface area contributed by atoms with Crippen LogP contribution >= 0.6 is 22.9 Å². The summed E-state index contributed by atoms with van der Waals surface area (Å²) in [5.41, 5.74) is 1.17. The molecule has 2 heterocycles. The van der Waals surface area contributed by atoms with Crippen molar-refractivity contribution in [1.29, 1.82) is 0 Å². The van der Waals surface area contributed by atoms with Gasteiger partial charge >= 0.3 is 0 Å². The molecule has 30 heavy (non-hydrogen) atoms. The van der Waals surface area contributed by atoms with E-state index in [1.54, 1.807) is 32.0 Å². The second-order valence-corrected chi connectivity index (χ2v) is 11.0. The lowest BCUT2D eigenvalue weighted by atomic mass is 10.1. The van der Waals surface area contributed by atoms with Gasteiger partial charge in [0.15, 0.2) is 0 Å². The minimum atomic E-state index is -3.66. The van der Waals surface area contributed by atoms with Crippen LogP contribution in [0.3, 0.4) is 0 Å². The highest BCUT2D eigenvalue weighted by atomic mass is 35.5. The summed E-state index contributed by atoms with van der Waals surface area (Å²) in [6, 6.07) is 8.36. The maximum Gasteiger partial charge on any atom is 0.253 e. The third-order valence-electron chi connectivity index (χ3n) is 5.37. The zero-order chi connectivity index (χ0) is 21.9. The number of carbonyl (C=O) groups is 1. The Morgan fingerprint density at radius 2 is 1.87 bits per heavy atom. The number of benzene rings is 1. The molecule has 1 amide bonds. The number of nitrogens with one attached hydrogen (secondary N) is 1. The average Bonchev–Trinajstić information content (AvgIpc) is 3.40. The second kappa shape index (κ2) is 9.68. The van der Waals surface area contributed by atoms with Crippen LogP contribution < -0.4 is 10.2 Å². The first-order chi connectivity index (χ1) is 14.3. The summed E-state index contributed by atoms with van der Waals surface area (Å²) in [7, 11) is -3.66. The van der Waals surface area contributed by atoms with Gasteiger partial charge in [-0.05, 0) is 50.1 Å². The standard InChI is InChI=1S/C21H28ClN3O3S2/c1-4-25(5-2)30(27,28)16-8-9-18(24-12-6-7-13-24)17(14-16)21(26)23-15(3)19-10-11-20(22)29-19/h8-11,14-15H,4-7,12-13H2,1-3H3,(H,23,26). The molecule has 1 atom stereocenters. The van der Waals surface area contributed by atoms with Crippen molar-refractivity contribution in [3.63, 3.8) is 0 Å². The summed E-state index contributed by atoms with van der Waals surface area (Å²) < 4.78 is 28.1. The molecule has 6 nitrogen and oxygen atoms in total. The molecular formula is C21H28ClN3O3S2. The summed E-state index contributed by atoms with van der Waals surface area (Å²) in [5.74, 6) is -0.287. The predicted octanol–water partition coefficient (Wildman–Crippen LogP) is 4.52. The Morgan fingerprint density at radius 3 is 2.43 bits per heavy atom. The van der Waals surface area contributed by atoms with E-state index in [1.807, 2.05) is 13.0 Å². The van der Waals surface area contributed by atoms with Gasteiger partial charge in [-0.1, -0.05) is 25.4 Å². The highest BCUT2D eigenvalue weighted by Crippen LogP contribution is 2.30. The number of hydrogen-bond donors (Lipinski definition) is 1. The Bertz CT molecular complexity index is 997. The lowest BCUT2D eigenvalue weighted by molar-refractivity contribution is 0.0941. The van der Waals surface area contributed by atoms with Crippen molar-refractivity contribution in [1.82, 2.24) is 9.62 Å². The van der Waals surface area contributed by atoms with Gasteiger partial charge in [0.2, 0.25) is 10.0 Å². The fourth-order valence-electron chi connectivity index (χ4n) is 3.71. The highest BCUT2D eigenvalue weighted by molar-refractivity contribution is 7.89. The van der Waals surface area contributed by atoms with Gasteiger partial charge in [-0.2, -0.15) is 4.31 Å². The topological polar surface area (TPSA) is 69.7 Å². The van der Waals surface area contributed by atoms with Crippen LogP contribution in [-0.2, 0) is 10.0 Å². The fraction of sp³-hybridized carbons (Fsp3) is 0.476. The van der Waals surface area contributed by atoms with Crippen LogP contribution in [0.5, 0.6) is 0 Å². The lowest BCUT2D eigenvalue weighted by Gasteiger charge is -2.24. The number of thiophene rings is 1. The van der Waals surface area contributed by atoms with E-state index < -0.39 is 10.0 Å². The van der Waals surface area contributed by atoms with Crippen molar-refractivity contribution >= 4 is 44.6 Å². The van der Waals surface area contributed by atoms with Crippen LogP contribution in [-0.4, -0.2) is 44.8 Å². The first-order valence-electron chi connectivity index (χ1n) is 10.2. The molecule has 2 aromatic rings. The quantitative estimate of drug-likeness (QED) is 0.616. The molecule has 1 aromatic carbocycles. The van der Waals surface area contributed by atoms with E-state index >= 15 is 0 Å². The minimum absolute atomic E-state index is 0.145. The second-order valence-electron chi connectivity index (χ2n) is 7.30. The van der Waals surface area contributed by atoms with E-state index in [-0.39, 0.29) is 16.8 Å². The normalized spacial score (nSPS) is 15.6. The highest BCUT2D eigenvalue weighted by Gasteiger charge is 2.27. The minimum Gasteiger partial charge on any atom is -0.371 e. The Labute approximate surface area is 187 Å². The zero-order valence-electron chi connectivity index (χ0n) is 17.5. The number of amides is 1. The summed E-state index contributed by atoms with van der Waals surface area (Å²) in [5, 5.41) is 3.00. The average molecular weight is 470 g/mol. The fourth-order valence-corrected chi connectivity index (χ4v) is 6.26. The summed E-state index contributed by atoms with van der Waals surface area (Å²) in [6.07, 6.45) is 2.12. The van der Waals surface area contributed by atoms with Gasteiger partial charge in [0, 0.05) is 36.7 Å². The molecular weight excluding hydrogens is 442 g/mol. The maximum absolute atomic E-state index is 13.2. The van der Waals surface area contributed by atoms with E-state index in [0.717, 1.165) is 36.5 Å². The van der Waals surface area contributed by atoms with Gasteiger partial charge in [0.1, 0.15) is 0 Å². The molecule has 0 spiro atoms. The summed E-state index contributed by atoms with van der Waals surface area (Å²) >= 11 is 7.44. The van der Waals surface area contributed by atoms with Crippen LogP contribution in [0, 0.1) is 0 Å². The van der Waals surface area contributed by atoms with E-state index in [1.165, 1.54) is 21.7 Å². The number of rotatable bonds is 8. The molecule has 1 aliphatic heterocycles. The Morgan fingerprint density at radius 1 is 1.20 bits per heavy atom. The van der Waals surface area contributed by atoms with Crippen molar-refractivity contribution in [2.24, 2.45) is 0 Å². The van der Waals surface area contributed by atoms with Crippen LogP contribution in [0.25, 0.3) is 0 Å². The van der Waals surface area contributed by atoms with Crippen molar-refractivity contribution in [3.05, 3.63) is 45.1 Å². The van der Waals surface area contributed by atoms with E-state index in [2.05, 4.69) is 10.2 Å². The summed E-state index contributed by atoms with van der Waals surface area (Å²) in [4.78, 5) is 16.5. The molecule has 1 aromatic heterocycles. The Kier molecular flexibility index (Phi) is 7.44. The first-order valence-corrected chi connectivity index (χ1v) is 12.9. The number of halogens is 1. The van der Waals surface area contributed by atoms with E-state index in [9.17, 15) is 13.2 Å². The smallest absolute Gasteiger partial charge is 0.253 e. The monoisotopic (exact) mass is 469 g/mol. The summed E-state index contributed by atoms with van der Waals surface area (Å²) in [6.45, 7) is 7.99. The van der Waals surface area contributed by atoms with Gasteiger partial charge in [-0.15, -0.1) is 11.3 Å². The van der Waals surface area contributed by atoms with Gasteiger partial charge in [0.05, 0.1) is 20.8 Å². The lowest BCUT2D eigenvalue weighted by Crippen LogP contribution is -2.32. The number of carbonyl (C=O) groups excluding carboxylic acids is 1. The molecule has 1 saturated heterocycles. The third kappa shape index (κ3) is 4.82. The van der Waals surface area contributed by atoms with E-state index in [4.69, 9.17) is 11.6 Å². The van der Waals surface area contributed by atoms with Crippen LogP contribution in [0.2, 0.25) is 4.34 Å². The van der Waals surface area contributed by atoms with Crippen LogP contribution in [0.1, 0.15) is 54.9 Å². The van der Waals surface area contributed by atoms with Crippen molar-refractivity contribution in [2.45, 2.75) is 44.6 Å². The van der Waals surface area contributed by atoms with Crippen molar-refractivity contribution < 1.29 is 13.2 Å². The molecule has 0 radical (unpaired) electrons. The van der Waals surface area contributed by atoms with Gasteiger partial charge in [0.25, 0.3) is 5.91 Å². The molecule has 1 unspecified atom stereocenters. The third-order valence-corrected chi connectivity index (χ3v) is 8.83. The van der Waals surface area contributed by atoms with Crippen LogP contribution in [0.15, 0.2) is 35.2 Å². The van der Waals surface area contributed by atoms with E-state index in [0.29, 0.717) is 23.0 Å². The molecule has 164 valence electrons. The van der Waals surface area contributed by atoms with Crippen molar-refractivity contribution in [3.8, 4) is 0 Å². The van der Waals surface area contributed by atoms with Gasteiger partial charge in [-0.3, -0.25) is 4.79 Å².